The second kappa shape index (κ2) is 4.14. The number of morpholine rings is 1. The van der Waals surface area contributed by atoms with Gasteiger partial charge in [-0.1, -0.05) is 25.9 Å². The maximum atomic E-state index is 5.55. The van der Waals surface area contributed by atoms with Crippen LogP contribution in [-0.2, 0) is 10.2 Å². The number of rotatable bonds is 1. The molecule has 0 saturated carbocycles. The van der Waals surface area contributed by atoms with Gasteiger partial charge in [-0.15, -0.1) is 0 Å². The summed E-state index contributed by atoms with van der Waals surface area (Å²) in [6.45, 7) is 9.76. The molecule has 1 aromatic rings. The van der Waals surface area contributed by atoms with E-state index in [2.05, 4.69) is 36.2 Å². The molecule has 1 fully saturated rings. The summed E-state index contributed by atoms with van der Waals surface area (Å²) in [6.07, 6.45) is 0.0713. The highest BCUT2D eigenvalue weighted by Gasteiger charge is 2.30. The molecule has 1 aromatic heterocycles. The summed E-state index contributed by atoms with van der Waals surface area (Å²) in [6, 6.07) is 0.0114. The molecule has 5 nitrogen and oxygen atoms in total. The third-order valence-corrected chi connectivity index (χ3v) is 2.70. The Morgan fingerprint density at radius 3 is 2.69 bits per heavy atom. The summed E-state index contributed by atoms with van der Waals surface area (Å²) in [4.78, 5) is 4.44. The number of hydrogen-bond acceptors (Lipinski definition) is 5. The zero-order valence-corrected chi connectivity index (χ0v) is 10.3. The van der Waals surface area contributed by atoms with Crippen LogP contribution in [0.25, 0.3) is 0 Å². The largest absolute Gasteiger partial charge is 0.375 e. The van der Waals surface area contributed by atoms with Gasteiger partial charge in [0.2, 0.25) is 5.89 Å². The number of aromatic nitrogens is 2. The highest BCUT2D eigenvalue weighted by Crippen LogP contribution is 2.24. The fraction of sp³-hybridized carbons (Fsp3) is 0.818. The lowest BCUT2D eigenvalue weighted by Gasteiger charge is -2.27. The van der Waals surface area contributed by atoms with Crippen LogP contribution in [0.3, 0.4) is 0 Å². The predicted molar refractivity (Wildman–Crippen MR) is 59.2 cm³/mol. The van der Waals surface area contributed by atoms with Gasteiger partial charge >= 0.3 is 0 Å². The molecular formula is C11H19N3O2. The first kappa shape index (κ1) is 11.5. The van der Waals surface area contributed by atoms with Crippen LogP contribution in [0.15, 0.2) is 4.52 Å². The monoisotopic (exact) mass is 225 g/mol. The highest BCUT2D eigenvalue weighted by molar-refractivity contribution is 5.03. The van der Waals surface area contributed by atoms with Gasteiger partial charge in [-0.05, 0) is 6.92 Å². The molecule has 2 rings (SSSR count). The van der Waals surface area contributed by atoms with E-state index in [1.165, 1.54) is 0 Å². The summed E-state index contributed by atoms with van der Waals surface area (Å²) in [5.41, 5.74) is -0.0828. The van der Waals surface area contributed by atoms with Crippen LogP contribution in [-0.4, -0.2) is 29.4 Å². The summed E-state index contributed by atoms with van der Waals surface area (Å²) in [5, 5.41) is 7.34. The molecule has 0 amide bonds. The van der Waals surface area contributed by atoms with Crippen LogP contribution < -0.4 is 5.32 Å². The SMILES string of the molecule is C[C@H]1OCCN[C@@H]1c1nc(C(C)(C)C)no1. The average Bonchev–Trinajstić information content (AvgIpc) is 2.66. The van der Waals surface area contributed by atoms with Gasteiger partial charge in [-0.25, -0.2) is 0 Å². The zero-order chi connectivity index (χ0) is 11.8. The van der Waals surface area contributed by atoms with Crippen molar-refractivity contribution >= 4 is 0 Å². The molecule has 0 aromatic carbocycles. The second-order valence-corrected chi connectivity index (χ2v) is 5.21. The van der Waals surface area contributed by atoms with Gasteiger partial charge in [0.1, 0.15) is 6.04 Å². The normalized spacial score (nSPS) is 27.0. The molecule has 1 N–H and O–H groups in total. The van der Waals surface area contributed by atoms with Crippen molar-refractivity contribution in [2.24, 2.45) is 0 Å². The summed E-state index contributed by atoms with van der Waals surface area (Å²) in [5.74, 6) is 1.36. The smallest absolute Gasteiger partial charge is 0.246 e. The van der Waals surface area contributed by atoms with Gasteiger partial charge in [0.05, 0.1) is 12.7 Å². The average molecular weight is 225 g/mol. The van der Waals surface area contributed by atoms with Crippen molar-refractivity contribution in [3.05, 3.63) is 11.7 Å². The Hall–Kier alpha value is -0.940. The molecule has 0 radical (unpaired) electrons. The van der Waals surface area contributed by atoms with Gasteiger partial charge in [0, 0.05) is 12.0 Å². The first-order valence-corrected chi connectivity index (χ1v) is 5.67. The van der Waals surface area contributed by atoms with Crippen molar-refractivity contribution in [2.75, 3.05) is 13.2 Å². The topological polar surface area (TPSA) is 60.2 Å². The van der Waals surface area contributed by atoms with Crippen LogP contribution in [0.1, 0.15) is 45.5 Å². The van der Waals surface area contributed by atoms with Gasteiger partial charge in [-0.3, -0.25) is 0 Å². The van der Waals surface area contributed by atoms with Gasteiger partial charge in [0.25, 0.3) is 0 Å². The van der Waals surface area contributed by atoms with Crippen molar-refractivity contribution in [3.63, 3.8) is 0 Å². The third kappa shape index (κ3) is 2.25. The highest BCUT2D eigenvalue weighted by atomic mass is 16.5. The Morgan fingerprint density at radius 1 is 1.38 bits per heavy atom. The van der Waals surface area contributed by atoms with Crippen LogP contribution in [0, 0.1) is 0 Å². The molecular weight excluding hydrogens is 206 g/mol. The zero-order valence-electron chi connectivity index (χ0n) is 10.3. The molecule has 1 saturated heterocycles. The summed E-state index contributed by atoms with van der Waals surface area (Å²) >= 11 is 0. The van der Waals surface area contributed by atoms with E-state index in [1.54, 1.807) is 0 Å². The lowest BCUT2D eigenvalue weighted by Crippen LogP contribution is -2.40. The van der Waals surface area contributed by atoms with Gasteiger partial charge in [0.15, 0.2) is 5.82 Å². The molecule has 2 heterocycles. The van der Waals surface area contributed by atoms with Crippen molar-refractivity contribution in [2.45, 2.75) is 45.3 Å². The molecule has 16 heavy (non-hydrogen) atoms. The quantitative estimate of drug-likeness (QED) is 0.783. The predicted octanol–water partition coefficient (Wildman–Crippen LogP) is 1.42. The Labute approximate surface area is 95.6 Å². The molecule has 5 heteroatoms. The van der Waals surface area contributed by atoms with E-state index < -0.39 is 0 Å². The van der Waals surface area contributed by atoms with E-state index in [0.29, 0.717) is 5.89 Å². The number of nitrogens with one attached hydrogen (secondary N) is 1. The molecule has 0 bridgehead atoms. The van der Waals surface area contributed by atoms with Gasteiger partial charge < -0.3 is 14.6 Å². The standard InChI is InChI=1S/C11H19N3O2/c1-7-8(12-5-6-15-7)9-13-10(14-16-9)11(2,3)4/h7-8,12H,5-6H2,1-4H3/t7-,8+/m1/s1. The minimum atomic E-state index is -0.0828. The molecule has 0 spiro atoms. The van der Waals surface area contributed by atoms with Gasteiger partial charge in [-0.2, -0.15) is 4.98 Å². The van der Waals surface area contributed by atoms with Crippen LogP contribution >= 0.6 is 0 Å². The molecule has 90 valence electrons. The van der Waals surface area contributed by atoms with E-state index in [0.717, 1.165) is 19.0 Å². The van der Waals surface area contributed by atoms with Crippen LogP contribution in [0.2, 0.25) is 0 Å². The summed E-state index contributed by atoms with van der Waals surface area (Å²) in [7, 11) is 0. The first-order valence-electron chi connectivity index (χ1n) is 5.67. The molecule has 2 atom stereocenters. The molecule has 0 aliphatic carbocycles. The second-order valence-electron chi connectivity index (χ2n) is 5.21. The lowest BCUT2D eigenvalue weighted by atomic mass is 9.96. The maximum absolute atomic E-state index is 5.55. The Morgan fingerprint density at radius 2 is 2.12 bits per heavy atom. The van der Waals surface area contributed by atoms with E-state index >= 15 is 0 Å². The van der Waals surface area contributed by atoms with E-state index in [9.17, 15) is 0 Å². The molecule has 1 aliphatic heterocycles. The minimum Gasteiger partial charge on any atom is -0.375 e. The minimum absolute atomic E-state index is 0.0114. The third-order valence-electron chi connectivity index (χ3n) is 2.70. The number of nitrogens with zero attached hydrogens (tertiary/aromatic N) is 2. The molecule has 1 aliphatic rings. The van der Waals surface area contributed by atoms with Crippen LogP contribution in [0.5, 0.6) is 0 Å². The Balaban J connectivity index is 2.18. The maximum Gasteiger partial charge on any atom is 0.246 e. The van der Waals surface area contributed by atoms with Crippen molar-refractivity contribution in [1.82, 2.24) is 15.5 Å². The summed E-state index contributed by atoms with van der Waals surface area (Å²) < 4.78 is 10.8. The lowest BCUT2D eigenvalue weighted by molar-refractivity contribution is -0.00136. The number of ether oxygens (including phenoxy) is 1. The van der Waals surface area contributed by atoms with Crippen LogP contribution in [0.4, 0.5) is 0 Å². The Bertz CT molecular complexity index is 356. The van der Waals surface area contributed by atoms with E-state index in [4.69, 9.17) is 9.26 Å². The first-order chi connectivity index (χ1) is 7.48. The van der Waals surface area contributed by atoms with E-state index in [-0.39, 0.29) is 17.6 Å². The van der Waals surface area contributed by atoms with Crippen molar-refractivity contribution in [3.8, 4) is 0 Å². The molecule has 0 unspecified atom stereocenters. The van der Waals surface area contributed by atoms with E-state index in [1.807, 2.05) is 6.92 Å². The fourth-order valence-corrected chi connectivity index (χ4v) is 1.68. The fourth-order valence-electron chi connectivity index (χ4n) is 1.68. The van der Waals surface area contributed by atoms with Crippen molar-refractivity contribution in [1.29, 1.82) is 0 Å². The Kier molecular flexibility index (Phi) is 2.99. The van der Waals surface area contributed by atoms with Crippen molar-refractivity contribution < 1.29 is 9.26 Å². The number of hydrogen-bond donors (Lipinski definition) is 1.